The monoisotopic (exact) mass is 253 g/mol. The van der Waals surface area contributed by atoms with Gasteiger partial charge in [-0.15, -0.1) is 0 Å². The molecule has 0 aromatic carbocycles. The highest BCUT2D eigenvalue weighted by molar-refractivity contribution is 8.00. The molecule has 3 rings (SSSR count). The molecule has 2 nitrogen and oxygen atoms in total. The molecule has 92 valence electrons. The molecule has 1 N–H and O–H groups in total. The summed E-state index contributed by atoms with van der Waals surface area (Å²) in [5.74, 6) is -0.501. The lowest BCUT2D eigenvalue weighted by molar-refractivity contribution is 0.00337. The van der Waals surface area contributed by atoms with E-state index in [1.165, 1.54) is 25.3 Å². The van der Waals surface area contributed by atoms with Crippen molar-refractivity contribution in [1.82, 2.24) is 4.98 Å². The Bertz CT molecular complexity index is 414. The fraction of sp³-hybridized carbons (Fsp3) is 0.615. The van der Waals surface area contributed by atoms with Crippen molar-refractivity contribution in [3.8, 4) is 0 Å². The molecule has 2 fully saturated rings. The van der Waals surface area contributed by atoms with Crippen LogP contribution in [0.3, 0.4) is 0 Å². The van der Waals surface area contributed by atoms with Crippen LogP contribution in [-0.2, 0) is 5.60 Å². The summed E-state index contributed by atoms with van der Waals surface area (Å²) in [6, 6.07) is 4.70. The van der Waals surface area contributed by atoms with Crippen molar-refractivity contribution in [3.63, 3.8) is 0 Å². The van der Waals surface area contributed by atoms with Crippen molar-refractivity contribution >= 4 is 11.8 Å². The van der Waals surface area contributed by atoms with Crippen LogP contribution in [-0.4, -0.2) is 20.6 Å². The van der Waals surface area contributed by atoms with Gasteiger partial charge in [0.2, 0.25) is 5.95 Å². The molecule has 0 saturated carbocycles. The van der Waals surface area contributed by atoms with E-state index in [1.807, 2.05) is 11.8 Å². The Labute approximate surface area is 105 Å². The number of hydrogen-bond donors (Lipinski definition) is 1. The Kier molecular flexibility index (Phi) is 2.87. The van der Waals surface area contributed by atoms with E-state index in [-0.39, 0.29) is 0 Å². The third-order valence-electron chi connectivity index (χ3n) is 3.76. The fourth-order valence-electron chi connectivity index (χ4n) is 2.99. The van der Waals surface area contributed by atoms with Gasteiger partial charge in [-0.1, -0.05) is 12.5 Å². The van der Waals surface area contributed by atoms with Crippen LogP contribution in [0.15, 0.2) is 18.2 Å². The molecule has 4 heteroatoms. The van der Waals surface area contributed by atoms with E-state index < -0.39 is 11.5 Å². The maximum absolute atomic E-state index is 13.2. The average molecular weight is 253 g/mol. The lowest BCUT2D eigenvalue weighted by Gasteiger charge is -2.43. The third-order valence-corrected chi connectivity index (χ3v) is 5.33. The van der Waals surface area contributed by atoms with E-state index in [9.17, 15) is 9.50 Å². The normalized spacial score (nSPS) is 36.8. The zero-order valence-electron chi connectivity index (χ0n) is 9.60. The maximum Gasteiger partial charge on any atom is 0.213 e. The van der Waals surface area contributed by atoms with Crippen LogP contribution < -0.4 is 0 Å². The fourth-order valence-corrected chi connectivity index (χ4v) is 4.89. The second-order valence-corrected chi connectivity index (χ2v) is 6.70. The number of aliphatic hydroxyl groups is 1. The van der Waals surface area contributed by atoms with Gasteiger partial charge in [-0.3, -0.25) is 0 Å². The molecule has 3 heterocycles. The molecule has 2 atom stereocenters. The highest BCUT2D eigenvalue weighted by Crippen LogP contribution is 2.48. The van der Waals surface area contributed by atoms with Crippen molar-refractivity contribution < 1.29 is 9.50 Å². The highest BCUT2D eigenvalue weighted by atomic mass is 32.2. The number of aromatic nitrogens is 1. The Hall–Kier alpha value is -0.610. The van der Waals surface area contributed by atoms with Gasteiger partial charge in [0.15, 0.2) is 0 Å². The van der Waals surface area contributed by atoms with Crippen LogP contribution >= 0.6 is 11.8 Å². The summed E-state index contributed by atoms with van der Waals surface area (Å²) in [6.45, 7) is 0. The van der Waals surface area contributed by atoms with Gasteiger partial charge in [0.1, 0.15) is 5.60 Å². The Balaban J connectivity index is 1.90. The van der Waals surface area contributed by atoms with E-state index in [4.69, 9.17) is 0 Å². The van der Waals surface area contributed by atoms with Gasteiger partial charge in [-0.05, 0) is 37.8 Å². The average Bonchev–Trinajstić information content (AvgIpc) is 2.28. The number of pyridine rings is 1. The standard InChI is InChI=1S/C13H16FNOS/c14-12-6-2-5-11(15-12)13(16)7-9-3-1-4-10(8-13)17-9/h2,5-6,9-10,16H,1,3-4,7-8H2. The summed E-state index contributed by atoms with van der Waals surface area (Å²) in [5.41, 5.74) is -0.405. The number of fused-ring (bicyclic) bond motifs is 2. The van der Waals surface area contributed by atoms with Gasteiger partial charge in [0.05, 0.1) is 5.69 Å². The molecule has 2 unspecified atom stereocenters. The first-order valence-corrected chi connectivity index (χ1v) is 7.11. The molecule has 0 aliphatic carbocycles. The van der Waals surface area contributed by atoms with Crippen molar-refractivity contribution in [2.24, 2.45) is 0 Å². The van der Waals surface area contributed by atoms with Crippen molar-refractivity contribution in [2.75, 3.05) is 0 Å². The van der Waals surface area contributed by atoms with Crippen LogP contribution in [0.4, 0.5) is 4.39 Å². The molecule has 0 radical (unpaired) electrons. The van der Waals surface area contributed by atoms with E-state index in [0.29, 0.717) is 29.0 Å². The zero-order chi connectivity index (χ0) is 11.9. The highest BCUT2D eigenvalue weighted by Gasteiger charge is 2.43. The van der Waals surface area contributed by atoms with Crippen LogP contribution in [0.2, 0.25) is 0 Å². The maximum atomic E-state index is 13.2. The summed E-state index contributed by atoms with van der Waals surface area (Å²) in [5, 5.41) is 11.8. The first-order valence-electron chi connectivity index (χ1n) is 6.17. The number of hydrogen-bond acceptors (Lipinski definition) is 3. The molecular formula is C13H16FNOS. The third kappa shape index (κ3) is 2.20. The summed E-state index contributed by atoms with van der Waals surface area (Å²) in [6.07, 6.45) is 5.02. The quantitative estimate of drug-likeness (QED) is 0.781. The predicted octanol–water partition coefficient (Wildman–Crippen LogP) is 2.86. The van der Waals surface area contributed by atoms with E-state index in [0.717, 1.165) is 0 Å². The van der Waals surface area contributed by atoms with E-state index >= 15 is 0 Å². The molecule has 2 bridgehead atoms. The minimum Gasteiger partial charge on any atom is -0.383 e. The number of rotatable bonds is 1. The number of thioether (sulfide) groups is 1. The minimum atomic E-state index is -0.914. The van der Waals surface area contributed by atoms with Crippen molar-refractivity contribution in [2.45, 2.75) is 48.2 Å². The SMILES string of the molecule is OC1(c2cccc(F)n2)CC2CCCC(C1)S2. The second kappa shape index (κ2) is 4.25. The molecule has 1 aromatic heterocycles. The Morgan fingerprint density at radius 2 is 2.00 bits per heavy atom. The van der Waals surface area contributed by atoms with Crippen LogP contribution in [0, 0.1) is 5.95 Å². The summed E-state index contributed by atoms with van der Waals surface area (Å²) in [4.78, 5) is 3.87. The van der Waals surface area contributed by atoms with Crippen molar-refractivity contribution in [1.29, 1.82) is 0 Å². The molecule has 2 saturated heterocycles. The predicted molar refractivity (Wildman–Crippen MR) is 66.3 cm³/mol. The summed E-state index contributed by atoms with van der Waals surface area (Å²) < 4.78 is 13.2. The molecule has 0 spiro atoms. The van der Waals surface area contributed by atoms with Gasteiger partial charge in [-0.2, -0.15) is 16.2 Å². The lowest BCUT2D eigenvalue weighted by Crippen LogP contribution is -2.41. The second-order valence-electron chi connectivity index (χ2n) is 5.10. The Morgan fingerprint density at radius 3 is 2.65 bits per heavy atom. The number of halogens is 1. The molecule has 2 aliphatic heterocycles. The summed E-state index contributed by atoms with van der Waals surface area (Å²) >= 11 is 1.99. The molecule has 17 heavy (non-hydrogen) atoms. The lowest BCUT2D eigenvalue weighted by atomic mass is 9.83. The molecular weight excluding hydrogens is 237 g/mol. The molecule has 0 amide bonds. The zero-order valence-corrected chi connectivity index (χ0v) is 10.4. The topological polar surface area (TPSA) is 33.1 Å². The molecule has 2 aliphatic rings. The van der Waals surface area contributed by atoms with Gasteiger partial charge >= 0.3 is 0 Å². The van der Waals surface area contributed by atoms with Gasteiger partial charge < -0.3 is 5.11 Å². The van der Waals surface area contributed by atoms with Gasteiger partial charge in [0.25, 0.3) is 0 Å². The van der Waals surface area contributed by atoms with E-state index in [1.54, 1.807) is 12.1 Å². The molecule has 1 aromatic rings. The first-order chi connectivity index (χ1) is 8.16. The van der Waals surface area contributed by atoms with Gasteiger partial charge in [0, 0.05) is 10.5 Å². The van der Waals surface area contributed by atoms with Gasteiger partial charge in [-0.25, -0.2) is 4.98 Å². The van der Waals surface area contributed by atoms with Crippen molar-refractivity contribution in [3.05, 3.63) is 29.8 Å². The first kappa shape index (κ1) is 11.5. The smallest absolute Gasteiger partial charge is 0.213 e. The van der Waals surface area contributed by atoms with E-state index in [2.05, 4.69) is 4.98 Å². The van der Waals surface area contributed by atoms with Crippen LogP contribution in [0.1, 0.15) is 37.8 Å². The largest absolute Gasteiger partial charge is 0.383 e. The number of nitrogens with zero attached hydrogens (tertiary/aromatic N) is 1. The van der Waals surface area contributed by atoms with Crippen LogP contribution in [0.5, 0.6) is 0 Å². The van der Waals surface area contributed by atoms with Crippen LogP contribution in [0.25, 0.3) is 0 Å². The minimum absolute atomic E-state index is 0.501. The Morgan fingerprint density at radius 1 is 1.29 bits per heavy atom. The summed E-state index contributed by atoms with van der Waals surface area (Å²) in [7, 11) is 0.